The molecule has 0 aliphatic carbocycles. The zero-order valence-corrected chi connectivity index (χ0v) is 20.8. The van der Waals surface area contributed by atoms with Crippen LogP contribution in [0.4, 0.5) is 16.4 Å². The Balaban J connectivity index is 1.98. The van der Waals surface area contributed by atoms with E-state index in [1.54, 1.807) is 13.8 Å². The van der Waals surface area contributed by atoms with E-state index in [4.69, 9.17) is 4.74 Å². The number of carbonyl (C=O) groups is 3. The number of hydrogen-bond acceptors (Lipinski definition) is 9. The fraction of sp³-hybridized carbons (Fsp3) is 0.208. The van der Waals surface area contributed by atoms with Gasteiger partial charge in [0.15, 0.2) is 0 Å². The molecule has 2 N–H and O–H groups in total. The molecule has 0 aliphatic heterocycles. The summed E-state index contributed by atoms with van der Waals surface area (Å²) in [6.45, 7) is 4.94. The van der Waals surface area contributed by atoms with Crippen LogP contribution >= 0.6 is 11.3 Å². The summed E-state index contributed by atoms with van der Waals surface area (Å²) >= 11 is 0.817. The van der Waals surface area contributed by atoms with E-state index < -0.39 is 39.0 Å². The minimum absolute atomic E-state index is 0.0329. The fourth-order valence-corrected chi connectivity index (χ4v) is 4.56. The molecule has 0 aliphatic rings. The maximum Gasteiger partial charge on any atom is 0.341 e. The molecular weight excluding hydrogens is 504 g/mol. The quantitative estimate of drug-likeness (QED) is 0.227. The number of benzene rings is 2. The first kappa shape index (κ1) is 26.9. The highest BCUT2D eigenvalue weighted by Crippen LogP contribution is 2.35. The molecule has 192 valence electrons. The van der Waals surface area contributed by atoms with Crippen LogP contribution in [0.25, 0.3) is 0 Å². The van der Waals surface area contributed by atoms with Gasteiger partial charge in [-0.15, -0.1) is 11.3 Å². The molecule has 0 radical (unpaired) electrons. The van der Waals surface area contributed by atoms with Crippen molar-refractivity contribution in [2.24, 2.45) is 0 Å². The maximum absolute atomic E-state index is 13.1. The van der Waals surface area contributed by atoms with Gasteiger partial charge in [0.05, 0.1) is 44.6 Å². The predicted molar refractivity (Wildman–Crippen MR) is 135 cm³/mol. The smallest absolute Gasteiger partial charge is 0.341 e. The maximum atomic E-state index is 13.1. The highest BCUT2D eigenvalue weighted by molar-refractivity contribution is 7.18. The lowest BCUT2D eigenvalue weighted by Crippen LogP contribution is -2.26. The van der Waals surface area contributed by atoms with Crippen LogP contribution in [-0.4, -0.2) is 34.2 Å². The molecule has 0 saturated carbocycles. The normalized spacial score (nSPS) is 11.3. The number of rotatable bonds is 9. The summed E-state index contributed by atoms with van der Waals surface area (Å²) < 4.78 is 5.09. The van der Waals surface area contributed by atoms with Crippen molar-refractivity contribution in [1.82, 2.24) is 5.32 Å². The van der Waals surface area contributed by atoms with Crippen molar-refractivity contribution in [2.75, 3.05) is 11.9 Å². The highest BCUT2D eigenvalue weighted by atomic mass is 32.1. The van der Waals surface area contributed by atoms with Crippen molar-refractivity contribution < 1.29 is 29.0 Å². The Morgan fingerprint density at radius 3 is 2.14 bits per heavy atom. The second kappa shape index (κ2) is 11.4. The van der Waals surface area contributed by atoms with Gasteiger partial charge in [-0.2, -0.15) is 0 Å². The Morgan fingerprint density at radius 1 is 1.00 bits per heavy atom. The van der Waals surface area contributed by atoms with Crippen LogP contribution in [0.2, 0.25) is 0 Å². The first-order valence-corrected chi connectivity index (χ1v) is 11.8. The topological polar surface area (TPSA) is 171 Å². The van der Waals surface area contributed by atoms with Gasteiger partial charge < -0.3 is 15.4 Å². The molecule has 0 fully saturated rings. The van der Waals surface area contributed by atoms with Gasteiger partial charge in [-0.1, -0.05) is 30.3 Å². The molecule has 3 aromatic rings. The fourth-order valence-electron chi connectivity index (χ4n) is 3.47. The van der Waals surface area contributed by atoms with E-state index in [1.807, 2.05) is 30.3 Å². The second-order valence-corrected chi connectivity index (χ2v) is 8.81. The van der Waals surface area contributed by atoms with Gasteiger partial charge in [0, 0.05) is 12.1 Å². The largest absolute Gasteiger partial charge is 0.462 e. The third kappa shape index (κ3) is 6.13. The number of thiophene rings is 1. The van der Waals surface area contributed by atoms with Gasteiger partial charge in [-0.05, 0) is 31.9 Å². The van der Waals surface area contributed by atoms with E-state index >= 15 is 0 Å². The van der Waals surface area contributed by atoms with Crippen molar-refractivity contribution in [3.63, 3.8) is 0 Å². The number of nitrogens with zero attached hydrogens (tertiary/aromatic N) is 2. The van der Waals surface area contributed by atoms with E-state index in [0.29, 0.717) is 0 Å². The molecule has 12 nitrogen and oxygen atoms in total. The lowest BCUT2D eigenvalue weighted by atomic mass is 10.1. The average Bonchev–Trinajstić information content (AvgIpc) is 3.19. The molecule has 37 heavy (non-hydrogen) atoms. The van der Waals surface area contributed by atoms with Gasteiger partial charge in [0.25, 0.3) is 23.2 Å². The number of nitro benzene ring substituents is 2. The third-order valence-electron chi connectivity index (χ3n) is 5.29. The monoisotopic (exact) mass is 526 g/mol. The van der Waals surface area contributed by atoms with Gasteiger partial charge in [0.2, 0.25) is 0 Å². The number of esters is 1. The number of nitrogens with one attached hydrogen (secondary N) is 2. The van der Waals surface area contributed by atoms with Crippen LogP contribution in [-0.2, 0) is 4.74 Å². The molecule has 0 spiro atoms. The zero-order chi connectivity index (χ0) is 27.3. The summed E-state index contributed by atoms with van der Waals surface area (Å²) in [5.41, 5.74) is -0.606. The van der Waals surface area contributed by atoms with Crippen molar-refractivity contribution in [1.29, 1.82) is 0 Å². The van der Waals surface area contributed by atoms with E-state index in [9.17, 15) is 34.6 Å². The summed E-state index contributed by atoms with van der Waals surface area (Å²) in [5.74, 6) is -2.22. The first-order chi connectivity index (χ1) is 17.5. The highest BCUT2D eigenvalue weighted by Gasteiger charge is 2.28. The standard InChI is InChI=1S/C24H22N4O8S/c1-4-36-24(31)19-13(2)20(22(30)25-14(3)15-8-6-5-7-9-15)37-23(19)26-21(29)16-10-17(27(32)33)12-18(11-16)28(34)35/h5-12,14H,4H2,1-3H3,(H,25,30)(H,26,29). The molecule has 2 amide bonds. The lowest BCUT2D eigenvalue weighted by Gasteiger charge is -2.14. The Kier molecular flexibility index (Phi) is 8.30. The summed E-state index contributed by atoms with van der Waals surface area (Å²) in [6.07, 6.45) is 0. The Morgan fingerprint density at radius 2 is 1.59 bits per heavy atom. The van der Waals surface area contributed by atoms with E-state index in [2.05, 4.69) is 10.6 Å². The van der Waals surface area contributed by atoms with Crippen molar-refractivity contribution >= 4 is 45.5 Å². The van der Waals surface area contributed by atoms with Crippen molar-refractivity contribution in [3.8, 4) is 0 Å². The number of hydrogen-bond donors (Lipinski definition) is 2. The summed E-state index contributed by atoms with van der Waals surface area (Å²) in [5, 5.41) is 27.6. The number of amides is 2. The van der Waals surface area contributed by atoms with E-state index in [0.717, 1.165) is 35.1 Å². The first-order valence-electron chi connectivity index (χ1n) is 10.9. The lowest BCUT2D eigenvalue weighted by molar-refractivity contribution is -0.394. The zero-order valence-electron chi connectivity index (χ0n) is 20.0. The molecular formula is C24H22N4O8S. The molecule has 1 atom stereocenters. The number of ether oxygens (including phenoxy) is 1. The van der Waals surface area contributed by atoms with Crippen LogP contribution in [0.15, 0.2) is 48.5 Å². The van der Waals surface area contributed by atoms with Crippen molar-refractivity contribution in [3.05, 3.63) is 95.9 Å². The van der Waals surface area contributed by atoms with Gasteiger partial charge >= 0.3 is 5.97 Å². The minimum atomic E-state index is -0.941. The molecule has 3 rings (SSSR count). The number of anilines is 1. The van der Waals surface area contributed by atoms with E-state index in [1.165, 1.54) is 6.92 Å². The SMILES string of the molecule is CCOC(=O)c1c(NC(=O)c2cc([N+](=O)[O-])cc([N+](=O)[O-])c2)sc(C(=O)NC(C)c2ccccc2)c1C. The summed E-state index contributed by atoms with van der Waals surface area (Å²) in [4.78, 5) is 59.5. The van der Waals surface area contributed by atoms with Crippen LogP contribution in [0, 0.1) is 27.2 Å². The Bertz CT molecular complexity index is 1350. The van der Waals surface area contributed by atoms with E-state index in [-0.39, 0.29) is 39.2 Å². The Labute approximate surface area is 214 Å². The number of non-ortho nitro benzene ring substituents is 2. The second-order valence-electron chi connectivity index (χ2n) is 7.79. The molecule has 1 aromatic heterocycles. The van der Waals surface area contributed by atoms with Gasteiger partial charge in [0.1, 0.15) is 5.00 Å². The third-order valence-corrected chi connectivity index (χ3v) is 6.50. The van der Waals surface area contributed by atoms with Gasteiger partial charge in [-0.25, -0.2) is 4.79 Å². The molecule has 0 bridgehead atoms. The molecule has 13 heteroatoms. The number of nitro groups is 2. The average molecular weight is 527 g/mol. The molecule has 2 aromatic carbocycles. The number of carbonyl (C=O) groups excluding carboxylic acids is 3. The van der Waals surface area contributed by atoms with Crippen LogP contribution in [0.3, 0.4) is 0 Å². The van der Waals surface area contributed by atoms with Gasteiger partial charge in [-0.3, -0.25) is 29.8 Å². The molecule has 0 saturated heterocycles. The molecule has 1 heterocycles. The summed E-state index contributed by atoms with van der Waals surface area (Å²) in [7, 11) is 0. The van der Waals surface area contributed by atoms with Crippen LogP contribution < -0.4 is 10.6 Å². The Hall–Kier alpha value is -4.65. The summed E-state index contributed by atoms with van der Waals surface area (Å²) in [6, 6.07) is 11.3. The molecule has 1 unspecified atom stereocenters. The van der Waals surface area contributed by atoms with Crippen LogP contribution in [0.5, 0.6) is 0 Å². The minimum Gasteiger partial charge on any atom is -0.462 e. The van der Waals surface area contributed by atoms with Crippen LogP contribution in [0.1, 0.15) is 61.4 Å². The predicted octanol–water partition coefficient (Wildman–Crippen LogP) is 4.79. The van der Waals surface area contributed by atoms with Crippen molar-refractivity contribution in [2.45, 2.75) is 26.8 Å².